The number of aliphatic hydroxyl groups is 2. The maximum atomic E-state index is 12.9. The molecular formula is C63H63BBrN15O9. The maximum absolute atomic E-state index is 12.9. The number of methoxy groups -OCH3 is 2. The number of carbonyl (C=O) groups is 3. The zero-order chi connectivity index (χ0) is 62.7. The van der Waals surface area contributed by atoms with Gasteiger partial charge in [-0.05, 0) is 119 Å². The fourth-order valence-electron chi connectivity index (χ4n) is 9.42. The summed E-state index contributed by atoms with van der Waals surface area (Å²) in [6.07, 6.45) is 22.1. The van der Waals surface area contributed by atoms with Crippen LogP contribution in [0, 0.1) is 0 Å². The average molecular weight is 1270 g/mol. The normalized spacial score (nSPS) is 13.1. The van der Waals surface area contributed by atoms with Crippen LogP contribution in [0.5, 0.6) is 0 Å². The molecule has 0 saturated heterocycles. The number of rotatable bonds is 13. The number of nitrogen functional groups attached to an aromatic ring is 1. The van der Waals surface area contributed by atoms with Gasteiger partial charge >= 0.3 is 19.1 Å². The molecule has 3 aliphatic carbocycles. The number of imidazole rings is 2. The molecule has 9 heterocycles. The molecule has 9 aromatic heterocycles. The Bertz CT molecular complexity index is 4260. The quantitative estimate of drug-likeness (QED) is 0.0231. The molecule has 89 heavy (non-hydrogen) atoms. The molecule has 454 valence electrons. The van der Waals surface area contributed by atoms with Crippen molar-refractivity contribution in [1.82, 2.24) is 64.4 Å². The number of amides is 1. The third kappa shape index (κ3) is 15.5. The maximum Gasteiger partial charge on any atom is 0.454 e. The molecule has 14 rings (SSSR count). The van der Waals surface area contributed by atoms with E-state index in [9.17, 15) is 24.6 Å². The molecule has 0 bridgehead atoms. The first kappa shape index (κ1) is 62.2. The Morgan fingerprint density at radius 3 is 1.49 bits per heavy atom. The molecule has 9 N–H and O–H groups in total. The van der Waals surface area contributed by atoms with Gasteiger partial charge < -0.3 is 50.8 Å². The van der Waals surface area contributed by atoms with E-state index >= 15 is 0 Å². The number of pyridine rings is 5. The lowest BCUT2D eigenvalue weighted by Crippen LogP contribution is -2.14. The second-order valence-corrected chi connectivity index (χ2v) is 22.0. The minimum atomic E-state index is -1.04. The van der Waals surface area contributed by atoms with Gasteiger partial charge in [-0.15, -0.1) is 0 Å². The van der Waals surface area contributed by atoms with E-state index in [1.54, 1.807) is 82.9 Å². The zero-order valence-electron chi connectivity index (χ0n) is 49.0. The first-order valence-electron chi connectivity index (χ1n) is 28.4. The molecule has 11 aromatic rings. The van der Waals surface area contributed by atoms with Crippen molar-refractivity contribution in [3.63, 3.8) is 0 Å². The summed E-state index contributed by atoms with van der Waals surface area (Å²) < 4.78 is 13.2. The molecule has 0 unspecified atom stereocenters. The topological polar surface area (TPSA) is 346 Å². The smallest absolute Gasteiger partial charge is 0.454 e. The lowest BCUT2D eigenvalue weighted by atomic mass is 9.84. The molecule has 0 atom stereocenters. The van der Waals surface area contributed by atoms with E-state index in [4.69, 9.17) is 15.8 Å². The summed E-state index contributed by atoms with van der Waals surface area (Å²) in [5.41, 5.74) is 19.8. The van der Waals surface area contributed by atoms with E-state index in [1.807, 2.05) is 75.0 Å². The van der Waals surface area contributed by atoms with Crippen LogP contribution in [-0.2, 0) is 36.8 Å². The van der Waals surface area contributed by atoms with E-state index < -0.39 is 7.12 Å². The van der Waals surface area contributed by atoms with Crippen LogP contribution < -0.4 is 11.1 Å². The van der Waals surface area contributed by atoms with Crippen LogP contribution in [0.1, 0.15) is 104 Å². The molecule has 24 nitrogen and oxygen atoms in total. The summed E-state index contributed by atoms with van der Waals surface area (Å²) in [6, 6.07) is 25.6. The largest absolute Gasteiger partial charge is 0.465 e. The van der Waals surface area contributed by atoms with Crippen LogP contribution in [-0.4, -0.2) is 124 Å². The Hall–Kier alpha value is -9.86. The van der Waals surface area contributed by atoms with E-state index in [-0.39, 0.29) is 36.9 Å². The zero-order valence-corrected chi connectivity index (χ0v) is 50.5. The number of fused-ring (bicyclic) bond motifs is 2. The number of ether oxygens (including phenoxy) is 2. The monoisotopic (exact) mass is 1260 g/mol. The number of aliphatic hydroxyl groups excluding tert-OH is 2. The second kappa shape index (κ2) is 28.3. The van der Waals surface area contributed by atoms with Crippen molar-refractivity contribution in [3.8, 4) is 45.0 Å². The number of nitrogens with zero attached hydrogens (tertiary/aromatic N) is 11. The molecule has 3 aliphatic rings. The Labute approximate surface area is 519 Å². The van der Waals surface area contributed by atoms with E-state index in [0.29, 0.717) is 78.6 Å². The van der Waals surface area contributed by atoms with Gasteiger partial charge in [-0.1, -0.05) is 37.1 Å². The van der Waals surface area contributed by atoms with Crippen LogP contribution in [0.15, 0.2) is 145 Å². The number of hydrogen-bond donors (Lipinski definition) is 8. The van der Waals surface area contributed by atoms with Crippen molar-refractivity contribution < 1.29 is 44.1 Å². The molecule has 2 aromatic carbocycles. The number of hydrogen-bond acceptors (Lipinski definition) is 19. The van der Waals surface area contributed by atoms with Crippen molar-refractivity contribution >= 4 is 74.6 Å². The van der Waals surface area contributed by atoms with Gasteiger partial charge in [0.05, 0.1) is 78.7 Å². The van der Waals surface area contributed by atoms with Crippen molar-refractivity contribution in [3.05, 3.63) is 185 Å². The Balaban J connectivity index is 0.000000138. The molecule has 1 amide bonds. The number of aryl methyl sites for hydroxylation is 2. The van der Waals surface area contributed by atoms with Crippen molar-refractivity contribution in [1.29, 1.82) is 0 Å². The number of nitrogens with two attached hydrogens (primary N) is 1. The Morgan fingerprint density at radius 2 is 1.09 bits per heavy atom. The number of esters is 2. The van der Waals surface area contributed by atoms with E-state index in [2.05, 4.69) is 85.8 Å². The highest BCUT2D eigenvalue weighted by Gasteiger charge is 2.33. The summed E-state index contributed by atoms with van der Waals surface area (Å²) in [6.45, 7) is -0.381. The minimum absolute atomic E-state index is 0.130. The third-order valence-electron chi connectivity index (χ3n) is 14.7. The molecule has 26 heteroatoms. The average Bonchev–Trinajstić information content (AvgIpc) is 1.97. The molecular weight excluding hydrogens is 1200 g/mol. The van der Waals surface area contributed by atoms with Crippen molar-refractivity contribution in [2.45, 2.75) is 69.4 Å². The lowest BCUT2D eigenvalue weighted by molar-refractivity contribution is 0.0591. The first-order valence-corrected chi connectivity index (χ1v) is 29.2. The number of halogens is 1. The number of benzene rings is 2. The summed E-state index contributed by atoms with van der Waals surface area (Å²) in [5, 5.41) is 47.8. The standard InChI is InChI=1S/C26H23N7O2.C17H16N6O.C10H11NO2.C7H6BrNO2.C3H7BO2/c1-33-13-17(12-29-33)24-31-23-19(9-10-27-25(23)32-24)18-3-2-4-22(20(18)14-34)30-26(35)16-7-8-21(28-11-16)15-5-6-15;1-23-8-10(7-20-23)16-21-15-12(5-6-19-17(15)22-16)11-3-2-4-14(18)13(11)9-24;1-13-10(12)8-4-5-9(11-6-8)7-2-3-7;1-11-7(10)5-2-3-6(8)9-4-5;5-4(6)3-1-2-3/h2-4,7-13,15,34H,5-6,14H2,1H3,(H,30,35)(H,27,31,32);2-8,24H,9,18H2,1H3,(H,19,21,22);4-7H,2-3H2,1H3;2-4H,1H3;3,5-6H,1-2H2. The summed E-state index contributed by atoms with van der Waals surface area (Å²) >= 11 is 3.15. The predicted octanol–water partition coefficient (Wildman–Crippen LogP) is 9.14. The van der Waals surface area contributed by atoms with Gasteiger partial charge in [0, 0.05) is 114 Å². The van der Waals surface area contributed by atoms with Crippen LogP contribution >= 0.6 is 15.9 Å². The molecule has 0 spiro atoms. The fourth-order valence-corrected chi connectivity index (χ4v) is 9.65. The first-order chi connectivity index (χ1) is 43.1. The SMILES string of the molecule is COC(=O)c1ccc(Br)nc1.COC(=O)c1ccc(C2CC2)nc1.Cn1cc(-c2nc3nccc(-c4cccc(N)c4CO)c3[nH]2)cn1.Cn1cc(-c2nc3nccc(-c4cccc(NC(=O)c5ccc(C6CC6)nc5)c4CO)c3[nH]2)cn1.OB(O)C1CC1. The van der Waals surface area contributed by atoms with Gasteiger partial charge in [0.1, 0.15) is 16.3 Å². The minimum Gasteiger partial charge on any atom is -0.465 e. The van der Waals surface area contributed by atoms with Crippen LogP contribution in [0.4, 0.5) is 11.4 Å². The highest BCUT2D eigenvalue weighted by Crippen LogP contribution is 2.41. The molecule has 0 radical (unpaired) electrons. The molecule has 3 fully saturated rings. The van der Waals surface area contributed by atoms with E-state index in [1.165, 1.54) is 33.3 Å². The van der Waals surface area contributed by atoms with Crippen molar-refractivity contribution in [2.24, 2.45) is 14.1 Å². The predicted molar refractivity (Wildman–Crippen MR) is 337 cm³/mol. The number of carbonyl (C=O) groups excluding carboxylic acids is 3. The summed E-state index contributed by atoms with van der Waals surface area (Å²) in [5.74, 6) is 1.77. The second-order valence-electron chi connectivity index (χ2n) is 21.2. The molecule has 0 aliphatic heterocycles. The summed E-state index contributed by atoms with van der Waals surface area (Å²) in [4.78, 5) is 71.9. The van der Waals surface area contributed by atoms with Gasteiger partial charge in [0.25, 0.3) is 5.91 Å². The van der Waals surface area contributed by atoms with Crippen molar-refractivity contribution in [2.75, 3.05) is 25.3 Å². The number of aromatic nitrogens is 13. The van der Waals surface area contributed by atoms with Gasteiger partial charge in [0.2, 0.25) is 0 Å². The highest BCUT2D eigenvalue weighted by atomic mass is 79.9. The number of anilines is 2. The fraction of sp³-hybridized carbons (Fsp3) is 0.238. The molecule has 3 saturated carbocycles. The van der Waals surface area contributed by atoms with Crippen LogP contribution in [0.3, 0.4) is 0 Å². The van der Waals surface area contributed by atoms with Gasteiger partial charge in [0.15, 0.2) is 11.3 Å². The number of H-pyrrole nitrogens is 2. The van der Waals surface area contributed by atoms with Gasteiger partial charge in [-0.25, -0.2) is 34.5 Å². The van der Waals surface area contributed by atoms with E-state index in [0.717, 1.165) is 81.5 Å². The van der Waals surface area contributed by atoms with Gasteiger partial charge in [-0.3, -0.25) is 24.1 Å². The third-order valence-corrected chi connectivity index (χ3v) is 15.2. The number of nitrogens with one attached hydrogen (secondary N) is 3. The van der Waals surface area contributed by atoms with Crippen LogP contribution in [0.2, 0.25) is 5.82 Å². The Morgan fingerprint density at radius 1 is 0.607 bits per heavy atom. The van der Waals surface area contributed by atoms with Crippen LogP contribution in [0.25, 0.3) is 67.4 Å². The summed E-state index contributed by atoms with van der Waals surface area (Å²) in [7, 11) is 5.38. The lowest BCUT2D eigenvalue weighted by Gasteiger charge is -2.15. The number of aromatic amines is 2. The highest BCUT2D eigenvalue weighted by molar-refractivity contribution is 9.10. The van der Waals surface area contributed by atoms with Gasteiger partial charge in [-0.2, -0.15) is 10.2 Å². The Kier molecular flexibility index (Phi) is 19.8.